The number of amides is 1. The van der Waals surface area contributed by atoms with Gasteiger partial charge < -0.3 is 19.9 Å². The van der Waals surface area contributed by atoms with Gasteiger partial charge in [0.25, 0.3) is 5.91 Å². The first-order valence-corrected chi connectivity index (χ1v) is 8.13. The van der Waals surface area contributed by atoms with E-state index in [9.17, 15) is 4.79 Å². The van der Waals surface area contributed by atoms with Crippen molar-refractivity contribution in [3.8, 4) is 5.75 Å². The van der Waals surface area contributed by atoms with E-state index in [1.54, 1.807) is 4.90 Å². The van der Waals surface area contributed by atoms with E-state index < -0.39 is 0 Å². The molecule has 1 heterocycles. The summed E-state index contributed by atoms with van der Waals surface area (Å²) in [7, 11) is 4.00. The van der Waals surface area contributed by atoms with E-state index in [1.807, 2.05) is 50.5 Å². The lowest BCUT2D eigenvalue weighted by molar-refractivity contribution is -0.121. The Morgan fingerprint density at radius 3 is 2.71 bits per heavy atom. The first kappa shape index (κ1) is 16.3. The second kappa shape index (κ2) is 7.36. The Hall–Kier alpha value is -2.53. The average Bonchev–Trinajstić information content (AvgIpc) is 2.60. The van der Waals surface area contributed by atoms with Crippen molar-refractivity contribution in [1.82, 2.24) is 4.90 Å². The molecule has 1 aliphatic heterocycles. The van der Waals surface area contributed by atoms with Crippen LogP contribution in [-0.4, -0.2) is 44.6 Å². The minimum atomic E-state index is 0.00865. The van der Waals surface area contributed by atoms with Crippen molar-refractivity contribution in [3.05, 3.63) is 54.1 Å². The molecular weight excluding hydrogens is 302 g/mol. The van der Waals surface area contributed by atoms with Crippen molar-refractivity contribution in [2.45, 2.75) is 6.54 Å². The molecule has 1 amide bonds. The van der Waals surface area contributed by atoms with Crippen LogP contribution < -0.4 is 15.0 Å². The first-order chi connectivity index (χ1) is 11.6. The lowest BCUT2D eigenvalue weighted by Crippen LogP contribution is -2.42. The molecule has 0 aromatic heterocycles. The topological polar surface area (TPSA) is 44.8 Å². The summed E-state index contributed by atoms with van der Waals surface area (Å²) in [5.41, 5.74) is 3.05. The van der Waals surface area contributed by atoms with Gasteiger partial charge in [0.1, 0.15) is 5.75 Å². The lowest BCUT2D eigenvalue weighted by atomic mass is 10.2. The Kier molecular flexibility index (Phi) is 5.01. The number of carbonyl (C=O) groups is 1. The molecule has 0 fully saturated rings. The van der Waals surface area contributed by atoms with Crippen LogP contribution in [0.2, 0.25) is 0 Å². The summed E-state index contributed by atoms with van der Waals surface area (Å²) < 4.78 is 5.62. The van der Waals surface area contributed by atoms with Gasteiger partial charge in [0.05, 0.1) is 5.69 Å². The molecule has 1 aliphatic rings. The fourth-order valence-corrected chi connectivity index (χ4v) is 2.66. The highest BCUT2D eigenvalue weighted by Gasteiger charge is 2.25. The van der Waals surface area contributed by atoms with Crippen molar-refractivity contribution in [2.75, 3.05) is 44.0 Å². The zero-order valence-corrected chi connectivity index (χ0v) is 14.2. The van der Waals surface area contributed by atoms with Crippen LogP contribution >= 0.6 is 0 Å². The maximum Gasteiger partial charge on any atom is 0.265 e. The average molecular weight is 325 g/mol. The number of ether oxygens (including phenoxy) is 1. The monoisotopic (exact) mass is 325 g/mol. The minimum Gasteiger partial charge on any atom is -0.481 e. The maximum absolute atomic E-state index is 12.1. The van der Waals surface area contributed by atoms with Crippen molar-refractivity contribution in [1.29, 1.82) is 0 Å². The summed E-state index contributed by atoms with van der Waals surface area (Å²) in [6.45, 7) is 2.34. The molecule has 24 heavy (non-hydrogen) atoms. The molecule has 0 bridgehead atoms. The smallest absolute Gasteiger partial charge is 0.265 e. The summed E-state index contributed by atoms with van der Waals surface area (Å²) in [4.78, 5) is 16.0. The van der Waals surface area contributed by atoms with Gasteiger partial charge in [-0.1, -0.05) is 30.3 Å². The third kappa shape index (κ3) is 3.86. The number of hydrogen-bond acceptors (Lipinski definition) is 4. The predicted molar refractivity (Wildman–Crippen MR) is 96.6 cm³/mol. The lowest BCUT2D eigenvalue weighted by Gasteiger charge is -2.30. The van der Waals surface area contributed by atoms with Gasteiger partial charge in [-0.05, 0) is 31.8 Å². The van der Waals surface area contributed by atoms with E-state index >= 15 is 0 Å². The number of nitrogens with zero attached hydrogens (tertiary/aromatic N) is 2. The number of rotatable bonds is 6. The number of likely N-dealkylation sites (N-methyl/N-ethyl adjacent to an activating group) is 1. The summed E-state index contributed by atoms with van der Waals surface area (Å²) in [6.07, 6.45) is 0. The molecule has 2 aromatic carbocycles. The summed E-state index contributed by atoms with van der Waals surface area (Å²) >= 11 is 0. The van der Waals surface area contributed by atoms with Gasteiger partial charge in [-0.2, -0.15) is 0 Å². The second-order valence-corrected chi connectivity index (χ2v) is 6.16. The van der Waals surface area contributed by atoms with Crippen LogP contribution in [0.15, 0.2) is 48.5 Å². The minimum absolute atomic E-state index is 0.00865. The molecule has 2 aromatic rings. The van der Waals surface area contributed by atoms with Gasteiger partial charge in [0.2, 0.25) is 0 Å². The Labute approximate surface area is 142 Å². The number of anilines is 2. The van der Waals surface area contributed by atoms with E-state index in [0.29, 0.717) is 6.54 Å². The normalized spacial score (nSPS) is 13.6. The van der Waals surface area contributed by atoms with E-state index in [1.165, 1.54) is 5.56 Å². The molecule has 5 nitrogen and oxygen atoms in total. The van der Waals surface area contributed by atoms with Crippen molar-refractivity contribution in [3.63, 3.8) is 0 Å². The van der Waals surface area contributed by atoms with Crippen LogP contribution in [0.5, 0.6) is 5.75 Å². The van der Waals surface area contributed by atoms with Crippen LogP contribution in [0.3, 0.4) is 0 Å². The summed E-state index contributed by atoms with van der Waals surface area (Å²) in [5.74, 6) is 0.765. The molecule has 0 saturated carbocycles. The highest BCUT2D eigenvalue weighted by molar-refractivity contribution is 5.98. The Morgan fingerprint density at radius 2 is 1.96 bits per heavy atom. The first-order valence-electron chi connectivity index (χ1n) is 8.13. The summed E-state index contributed by atoms with van der Waals surface area (Å²) in [5, 5.41) is 3.40. The molecule has 3 rings (SSSR count). The van der Waals surface area contributed by atoms with Crippen molar-refractivity contribution >= 4 is 17.3 Å². The number of fused-ring (bicyclic) bond motifs is 1. The Bertz CT molecular complexity index is 701. The zero-order chi connectivity index (χ0) is 16.9. The van der Waals surface area contributed by atoms with Crippen LogP contribution in [0.25, 0.3) is 0 Å². The Morgan fingerprint density at radius 1 is 1.17 bits per heavy atom. The molecule has 5 heteroatoms. The number of carbonyl (C=O) groups excluding carboxylic acids is 1. The highest BCUT2D eigenvalue weighted by Crippen LogP contribution is 2.34. The van der Waals surface area contributed by atoms with Gasteiger partial charge >= 0.3 is 0 Å². The van der Waals surface area contributed by atoms with E-state index in [4.69, 9.17) is 4.74 Å². The standard InChI is InChI=1S/C19H23N3O2/c1-21(2)10-11-22-17-9-8-16(12-18(17)24-14-19(22)23)20-13-15-6-4-3-5-7-15/h3-9,12,20H,10-11,13-14H2,1-2H3. The molecule has 0 saturated heterocycles. The molecule has 0 atom stereocenters. The SMILES string of the molecule is CN(C)CCN1C(=O)COc2cc(NCc3ccccc3)ccc21. The molecule has 0 aliphatic carbocycles. The van der Waals surface area contributed by atoms with Crippen molar-refractivity contribution < 1.29 is 9.53 Å². The highest BCUT2D eigenvalue weighted by atomic mass is 16.5. The third-order valence-electron chi connectivity index (χ3n) is 4.01. The molecule has 0 spiro atoms. The van der Waals surface area contributed by atoms with Crippen LogP contribution in [0, 0.1) is 0 Å². The molecule has 0 radical (unpaired) electrons. The number of nitrogens with one attached hydrogen (secondary N) is 1. The van der Waals surface area contributed by atoms with Gasteiger partial charge in [0, 0.05) is 31.4 Å². The Balaban J connectivity index is 1.72. The number of benzene rings is 2. The van der Waals surface area contributed by atoms with E-state index in [2.05, 4.69) is 22.3 Å². The fraction of sp³-hybridized carbons (Fsp3) is 0.316. The van der Waals surface area contributed by atoms with E-state index in [0.717, 1.165) is 30.2 Å². The van der Waals surface area contributed by atoms with E-state index in [-0.39, 0.29) is 12.5 Å². The molecule has 126 valence electrons. The van der Waals surface area contributed by atoms with Gasteiger partial charge in [-0.15, -0.1) is 0 Å². The maximum atomic E-state index is 12.1. The predicted octanol–water partition coefficient (Wildman–Crippen LogP) is 2.59. The molecular formula is C19H23N3O2. The van der Waals surface area contributed by atoms with Crippen LogP contribution in [-0.2, 0) is 11.3 Å². The van der Waals surface area contributed by atoms with Crippen LogP contribution in [0.1, 0.15) is 5.56 Å². The van der Waals surface area contributed by atoms with Crippen molar-refractivity contribution in [2.24, 2.45) is 0 Å². The van der Waals surface area contributed by atoms with Crippen LogP contribution in [0.4, 0.5) is 11.4 Å². The van der Waals surface area contributed by atoms with Gasteiger partial charge in [0.15, 0.2) is 6.61 Å². The second-order valence-electron chi connectivity index (χ2n) is 6.16. The largest absolute Gasteiger partial charge is 0.481 e. The molecule has 0 unspecified atom stereocenters. The molecule has 1 N–H and O–H groups in total. The third-order valence-corrected chi connectivity index (χ3v) is 4.01. The quantitative estimate of drug-likeness (QED) is 0.887. The fourth-order valence-electron chi connectivity index (χ4n) is 2.66. The van der Waals surface area contributed by atoms with Gasteiger partial charge in [-0.25, -0.2) is 0 Å². The zero-order valence-electron chi connectivity index (χ0n) is 14.2. The van der Waals surface area contributed by atoms with Gasteiger partial charge in [-0.3, -0.25) is 4.79 Å². The summed E-state index contributed by atoms with van der Waals surface area (Å²) in [6, 6.07) is 16.2. The number of hydrogen-bond donors (Lipinski definition) is 1.